The van der Waals surface area contributed by atoms with Gasteiger partial charge in [0.2, 0.25) is 5.91 Å². The molecule has 0 radical (unpaired) electrons. The van der Waals surface area contributed by atoms with Gasteiger partial charge in [-0.1, -0.05) is 30.3 Å². The normalized spacial score (nSPS) is 16.6. The molecular weight excluding hydrogens is 335 g/mol. The Morgan fingerprint density at radius 1 is 1.15 bits per heavy atom. The fraction of sp³-hybridized carbons (Fsp3) is 0.300. The molecule has 1 aliphatic heterocycles. The lowest BCUT2D eigenvalue weighted by atomic mass is 10.1. The number of likely N-dealkylation sites (tertiary alicyclic amines) is 1. The summed E-state index contributed by atoms with van der Waals surface area (Å²) in [4.78, 5) is 25.8. The summed E-state index contributed by atoms with van der Waals surface area (Å²) in [6.45, 7) is 1.42. The molecule has 1 atom stereocenters. The molecule has 1 aliphatic rings. The summed E-state index contributed by atoms with van der Waals surface area (Å²) in [5, 5.41) is 2.81. The van der Waals surface area contributed by atoms with E-state index in [1.807, 2.05) is 18.2 Å². The number of hydrogen-bond acceptors (Lipinski definition) is 3. The third-order valence-corrected chi connectivity index (χ3v) is 4.28. The van der Waals surface area contributed by atoms with E-state index < -0.39 is 0 Å². The summed E-state index contributed by atoms with van der Waals surface area (Å²) < 4.78 is 18.3. The van der Waals surface area contributed by atoms with Gasteiger partial charge in [-0.05, 0) is 29.8 Å². The van der Waals surface area contributed by atoms with E-state index >= 15 is 0 Å². The van der Waals surface area contributed by atoms with Gasteiger partial charge in [-0.25, -0.2) is 4.39 Å². The van der Waals surface area contributed by atoms with E-state index in [1.165, 1.54) is 12.1 Å². The van der Waals surface area contributed by atoms with Crippen LogP contribution in [-0.2, 0) is 16.1 Å². The second kappa shape index (κ2) is 8.47. The molecule has 0 aliphatic carbocycles. The quantitative estimate of drug-likeness (QED) is 0.829. The molecule has 2 amide bonds. The zero-order chi connectivity index (χ0) is 18.4. The van der Waals surface area contributed by atoms with Gasteiger partial charge in [0.1, 0.15) is 11.6 Å². The van der Waals surface area contributed by atoms with Crippen molar-refractivity contribution in [2.45, 2.75) is 13.0 Å². The van der Waals surface area contributed by atoms with Crippen LogP contribution in [0.4, 0.5) is 4.39 Å². The average Bonchev–Trinajstić information content (AvgIpc) is 3.00. The Morgan fingerprint density at radius 2 is 1.88 bits per heavy atom. The first kappa shape index (κ1) is 17.9. The van der Waals surface area contributed by atoms with Crippen LogP contribution in [0.25, 0.3) is 0 Å². The first-order chi connectivity index (χ1) is 12.6. The SMILES string of the molecule is O=C(COc1ccccc1)NCC1CC(=O)N(Cc2ccc(F)cc2)C1. The van der Waals surface area contributed by atoms with Gasteiger partial charge in [0.15, 0.2) is 6.61 Å². The van der Waals surface area contributed by atoms with Gasteiger partial charge >= 0.3 is 0 Å². The number of amides is 2. The molecule has 1 heterocycles. The molecule has 136 valence electrons. The molecule has 1 fully saturated rings. The molecule has 3 rings (SSSR count). The molecule has 2 aromatic carbocycles. The maximum absolute atomic E-state index is 13.0. The lowest BCUT2D eigenvalue weighted by molar-refractivity contribution is -0.128. The first-order valence-corrected chi connectivity index (χ1v) is 8.57. The molecule has 2 aromatic rings. The average molecular weight is 356 g/mol. The molecule has 5 nitrogen and oxygen atoms in total. The number of rotatable bonds is 7. The Morgan fingerprint density at radius 3 is 2.62 bits per heavy atom. The number of hydrogen-bond donors (Lipinski definition) is 1. The highest BCUT2D eigenvalue weighted by molar-refractivity contribution is 5.79. The standard InChI is InChI=1S/C20H21FN2O3/c21-17-8-6-15(7-9-17)12-23-13-16(10-20(23)25)11-22-19(24)14-26-18-4-2-1-3-5-18/h1-9,16H,10-14H2,(H,22,24). The summed E-state index contributed by atoms with van der Waals surface area (Å²) in [5.74, 6) is 0.264. The van der Waals surface area contributed by atoms with Crippen molar-refractivity contribution in [3.63, 3.8) is 0 Å². The lowest BCUT2D eigenvalue weighted by Gasteiger charge is -2.17. The Labute approximate surface area is 151 Å². The number of halogens is 1. The van der Waals surface area contributed by atoms with Crippen molar-refractivity contribution in [2.24, 2.45) is 5.92 Å². The van der Waals surface area contributed by atoms with Crippen LogP contribution in [0.5, 0.6) is 5.75 Å². The number of ether oxygens (including phenoxy) is 1. The number of para-hydroxylation sites is 1. The van der Waals surface area contributed by atoms with Crippen LogP contribution in [0, 0.1) is 11.7 Å². The van der Waals surface area contributed by atoms with Gasteiger partial charge < -0.3 is 15.0 Å². The maximum Gasteiger partial charge on any atom is 0.257 e. The summed E-state index contributed by atoms with van der Waals surface area (Å²) in [6, 6.07) is 15.3. The van der Waals surface area contributed by atoms with Crippen LogP contribution in [0.3, 0.4) is 0 Å². The largest absolute Gasteiger partial charge is 0.484 e. The fourth-order valence-electron chi connectivity index (χ4n) is 2.93. The van der Waals surface area contributed by atoms with E-state index in [9.17, 15) is 14.0 Å². The molecule has 26 heavy (non-hydrogen) atoms. The number of carbonyl (C=O) groups excluding carboxylic acids is 2. The Balaban J connectivity index is 1.41. The van der Waals surface area contributed by atoms with Crippen molar-refractivity contribution >= 4 is 11.8 Å². The molecule has 1 unspecified atom stereocenters. The number of nitrogens with one attached hydrogen (secondary N) is 1. The minimum Gasteiger partial charge on any atom is -0.484 e. The van der Waals surface area contributed by atoms with E-state index in [0.29, 0.717) is 31.8 Å². The second-order valence-corrected chi connectivity index (χ2v) is 6.38. The molecule has 0 aromatic heterocycles. The van der Waals surface area contributed by atoms with Gasteiger partial charge in [0, 0.05) is 32.0 Å². The lowest BCUT2D eigenvalue weighted by Crippen LogP contribution is -2.34. The third-order valence-electron chi connectivity index (χ3n) is 4.28. The van der Waals surface area contributed by atoms with Crippen LogP contribution in [0.2, 0.25) is 0 Å². The van der Waals surface area contributed by atoms with Crippen LogP contribution in [0.15, 0.2) is 54.6 Å². The number of nitrogens with zero attached hydrogens (tertiary/aromatic N) is 1. The van der Waals surface area contributed by atoms with E-state index in [2.05, 4.69) is 5.32 Å². The molecule has 0 saturated carbocycles. The number of benzene rings is 2. The van der Waals surface area contributed by atoms with E-state index in [1.54, 1.807) is 29.2 Å². The van der Waals surface area contributed by atoms with E-state index in [-0.39, 0.29) is 30.2 Å². The van der Waals surface area contributed by atoms with Crippen molar-refractivity contribution < 1.29 is 18.7 Å². The molecular formula is C20H21FN2O3. The highest BCUT2D eigenvalue weighted by Gasteiger charge is 2.29. The van der Waals surface area contributed by atoms with Gasteiger partial charge in [-0.3, -0.25) is 9.59 Å². The van der Waals surface area contributed by atoms with Gasteiger partial charge in [0.25, 0.3) is 5.91 Å². The Kier molecular flexibility index (Phi) is 5.84. The molecule has 0 spiro atoms. The van der Waals surface area contributed by atoms with Crippen molar-refractivity contribution in [1.82, 2.24) is 10.2 Å². The number of carbonyl (C=O) groups is 2. The second-order valence-electron chi connectivity index (χ2n) is 6.38. The highest BCUT2D eigenvalue weighted by Crippen LogP contribution is 2.20. The van der Waals surface area contributed by atoms with Crippen molar-refractivity contribution in [1.29, 1.82) is 0 Å². The van der Waals surface area contributed by atoms with Crippen molar-refractivity contribution in [3.8, 4) is 5.75 Å². The third kappa shape index (κ3) is 5.05. The zero-order valence-corrected chi connectivity index (χ0v) is 14.4. The van der Waals surface area contributed by atoms with Crippen LogP contribution >= 0.6 is 0 Å². The van der Waals surface area contributed by atoms with Crippen LogP contribution < -0.4 is 10.1 Å². The monoisotopic (exact) mass is 356 g/mol. The van der Waals surface area contributed by atoms with Gasteiger partial charge in [-0.2, -0.15) is 0 Å². The minimum atomic E-state index is -0.292. The predicted octanol–water partition coefficient (Wildman–Crippen LogP) is 2.37. The smallest absolute Gasteiger partial charge is 0.257 e. The van der Waals surface area contributed by atoms with E-state index in [4.69, 9.17) is 4.74 Å². The van der Waals surface area contributed by atoms with Gasteiger partial charge in [0.05, 0.1) is 0 Å². The Bertz CT molecular complexity index is 749. The fourth-order valence-corrected chi connectivity index (χ4v) is 2.93. The Hall–Kier alpha value is -2.89. The predicted molar refractivity (Wildman–Crippen MR) is 94.9 cm³/mol. The summed E-state index contributed by atoms with van der Waals surface area (Å²) in [7, 11) is 0. The zero-order valence-electron chi connectivity index (χ0n) is 14.4. The van der Waals surface area contributed by atoms with Crippen molar-refractivity contribution in [2.75, 3.05) is 19.7 Å². The molecule has 0 bridgehead atoms. The summed E-state index contributed by atoms with van der Waals surface area (Å²) in [5.41, 5.74) is 0.890. The molecule has 6 heteroatoms. The minimum absolute atomic E-state index is 0.0501. The molecule has 1 N–H and O–H groups in total. The molecule has 1 saturated heterocycles. The maximum atomic E-state index is 13.0. The van der Waals surface area contributed by atoms with Gasteiger partial charge in [-0.15, -0.1) is 0 Å². The highest BCUT2D eigenvalue weighted by atomic mass is 19.1. The summed E-state index contributed by atoms with van der Waals surface area (Å²) in [6.07, 6.45) is 0.404. The first-order valence-electron chi connectivity index (χ1n) is 8.57. The summed E-state index contributed by atoms with van der Waals surface area (Å²) >= 11 is 0. The van der Waals surface area contributed by atoms with E-state index in [0.717, 1.165) is 5.56 Å². The topological polar surface area (TPSA) is 58.6 Å². The van der Waals surface area contributed by atoms with Crippen LogP contribution in [0.1, 0.15) is 12.0 Å². The van der Waals surface area contributed by atoms with Crippen molar-refractivity contribution in [3.05, 3.63) is 66.0 Å². The van der Waals surface area contributed by atoms with Crippen LogP contribution in [-0.4, -0.2) is 36.4 Å².